The van der Waals surface area contributed by atoms with E-state index in [4.69, 9.17) is 21.6 Å². The van der Waals surface area contributed by atoms with Crippen LogP contribution < -0.4 is 15.8 Å². The number of methoxy groups -OCH3 is 1. The van der Waals surface area contributed by atoms with E-state index in [9.17, 15) is 13.2 Å². The number of hydrogen-bond donors (Lipinski definition) is 2. The van der Waals surface area contributed by atoms with Crippen molar-refractivity contribution in [1.82, 2.24) is 19.9 Å². The van der Waals surface area contributed by atoms with Gasteiger partial charge in [-0.2, -0.15) is 17.6 Å². The third kappa shape index (κ3) is 4.35. The normalized spacial score (nSPS) is 25.2. The third-order valence-electron chi connectivity index (χ3n) is 6.63. The fraction of sp³-hybridized carbons (Fsp3) is 0.375. The number of thioether (sulfide) groups is 1. The van der Waals surface area contributed by atoms with Crippen LogP contribution in [0.5, 0.6) is 5.88 Å². The molecule has 3 N–H and O–H groups in total. The molecule has 0 bridgehead atoms. The molecular formula is C24H21F4N7O2S. The second-order valence-electron chi connectivity index (χ2n) is 8.98. The summed E-state index contributed by atoms with van der Waals surface area (Å²) < 4.78 is 65.3. The molecule has 4 atom stereocenters. The molecule has 5 rings (SSSR count). The van der Waals surface area contributed by atoms with Gasteiger partial charge in [-0.25, -0.2) is 19.9 Å². The van der Waals surface area contributed by atoms with E-state index < -0.39 is 34.4 Å². The van der Waals surface area contributed by atoms with Gasteiger partial charge in [0, 0.05) is 24.8 Å². The molecule has 4 heterocycles. The number of nitrogens with two attached hydrogens (primary N) is 1. The van der Waals surface area contributed by atoms with Crippen molar-refractivity contribution >= 4 is 39.5 Å². The molecule has 198 valence electrons. The fourth-order valence-corrected chi connectivity index (χ4v) is 6.57. The van der Waals surface area contributed by atoms with Crippen molar-refractivity contribution < 1.29 is 27.0 Å². The molecule has 38 heavy (non-hydrogen) atoms. The minimum Gasteiger partial charge on any atom is -0.463 e. The maximum absolute atomic E-state index is 15.1. The molecule has 9 nitrogen and oxygen atoms in total. The molecule has 1 fully saturated rings. The van der Waals surface area contributed by atoms with Gasteiger partial charge in [0.15, 0.2) is 23.7 Å². The van der Waals surface area contributed by atoms with Crippen LogP contribution in [0.3, 0.4) is 0 Å². The lowest BCUT2D eigenvalue weighted by atomic mass is 9.85. The van der Waals surface area contributed by atoms with Gasteiger partial charge in [-0.15, -0.1) is 6.42 Å². The van der Waals surface area contributed by atoms with Gasteiger partial charge in [0.1, 0.15) is 5.52 Å². The second kappa shape index (κ2) is 9.25. The quantitative estimate of drug-likeness (QED) is 0.258. The number of fused-ring (bicyclic) bond motifs is 2. The third-order valence-corrected chi connectivity index (χ3v) is 7.98. The average molecular weight is 548 g/mol. The van der Waals surface area contributed by atoms with Crippen molar-refractivity contribution in [2.75, 3.05) is 19.0 Å². The molecule has 0 spiro atoms. The van der Waals surface area contributed by atoms with Gasteiger partial charge in [-0.3, -0.25) is 4.99 Å². The van der Waals surface area contributed by atoms with E-state index in [1.54, 1.807) is 13.0 Å². The molecule has 3 aromatic heterocycles. The molecule has 0 radical (unpaired) electrons. The van der Waals surface area contributed by atoms with E-state index in [0.717, 1.165) is 18.9 Å². The predicted molar refractivity (Wildman–Crippen MR) is 133 cm³/mol. The first kappa shape index (κ1) is 25.9. The van der Waals surface area contributed by atoms with E-state index in [1.807, 2.05) is 0 Å². The Bertz CT molecular complexity index is 1480. The maximum Gasteiger partial charge on any atom is 0.416 e. The Morgan fingerprint density at radius 1 is 1.32 bits per heavy atom. The van der Waals surface area contributed by atoms with E-state index in [1.165, 1.54) is 24.7 Å². The highest BCUT2D eigenvalue weighted by Crippen LogP contribution is 2.69. The highest BCUT2D eigenvalue weighted by atomic mass is 32.2. The summed E-state index contributed by atoms with van der Waals surface area (Å²) in [4.78, 5) is 21.2. The number of nitrogens with zero attached hydrogens (tertiary/aromatic N) is 5. The molecule has 0 saturated heterocycles. The molecule has 0 aromatic carbocycles. The van der Waals surface area contributed by atoms with Gasteiger partial charge in [0.2, 0.25) is 11.8 Å². The first-order chi connectivity index (χ1) is 18.0. The summed E-state index contributed by atoms with van der Waals surface area (Å²) in [6, 6.07) is 3.06. The summed E-state index contributed by atoms with van der Waals surface area (Å²) in [7, 11) is 0.999. The molecule has 1 aliphatic heterocycles. The smallest absolute Gasteiger partial charge is 0.416 e. The largest absolute Gasteiger partial charge is 0.463 e. The van der Waals surface area contributed by atoms with Crippen molar-refractivity contribution in [3.05, 3.63) is 42.2 Å². The molecule has 14 heteroatoms. The average Bonchev–Trinajstić information content (AvgIpc) is 3.59. The van der Waals surface area contributed by atoms with E-state index >= 15 is 4.39 Å². The summed E-state index contributed by atoms with van der Waals surface area (Å²) >= 11 is 0.817. The summed E-state index contributed by atoms with van der Waals surface area (Å²) in [5.41, 5.74) is 5.73. The first-order valence-electron chi connectivity index (χ1n) is 11.3. The highest BCUT2D eigenvalue weighted by molar-refractivity contribution is 8.15. The van der Waals surface area contributed by atoms with E-state index in [0.29, 0.717) is 22.5 Å². The number of aromatic nitrogens is 4. The standard InChI is InChI=1S/C24H21F4N7O2S/c1-4-7-37-16-11-31-17-14(34-16)5-6-30-19(17)33-12-8-13(18(25)32-10-12)22(2)15-9-23(15,38-21(29)35-22)20(36-3)24(26,27)28/h1,5-6,8,10-11,15,20H,7,9H2,2-3H3,(H2,29,35)(H,30,33)/t15-,20+,22-,23-/m0/s1. The number of anilines is 2. The lowest BCUT2D eigenvalue weighted by Gasteiger charge is -2.37. The zero-order valence-corrected chi connectivity index (χ0v) is 20.9. The van der Waals surface area contributed by atoms with Crippen LogP contribution in [0.25, 0.3) is 11.0 Å². The van der Waals surface area contributed by atoms with Gasteiger partial charge < -0.3 is 20.5 Å². The minimum absolute atomic E-state index is 0.00838. The van der Waals surface area contributed by atoms with Crippen LogP contribution in [-0.4, -0.2) is 55.8 Å². The number of hydrogen-bond acceptors (Lipinski definition) is 10. The molecule has 3 aromatic rings. The van der Waals surface area contributed by atoms with E-state index in [2.05, 4.69) is 36.2 Å². The van der Waals surface area contributed by atoms with Crippen molar-refractivity contribution in [2.45, 2.75) is 35.9 Å². The summed E-state index contributed by atoms with van der Waals surface area (Å²) in [6.07, 6.45) is 2.67. The summed E-state index contributed by atoms with van der Waals surface area (Å²) in [5.74, 6) is 1.30. The Morgan fingerprint density at radius 3 is 2.82 bits per heavy atom. The Kier molecular flexibility index (Phi) is 6.31. The van der Waals surface area contributed by atoms with Gasteiger partial charge in [-0.05, 0) is 25.5 Å². The number of aliphatic imine (C=N–C) groups is 1. The zero-order valence-electron chi connectivity index (χ0n) is 20.1. The molecule has 1 saturated carbocycles. The second-order valence-corrected chi connectivity index (χ2v) is 10.4. The molecule has 0 amide bonds. The number of amidine groups is 1. The van der Waals surface area contributed by atoms with Gasteiger partial charge in [0.25, 0.3) is 0 Å². The molecule has 2 aliphatic rings. The number of rotatable bonds is 7. The van der Waals surface area contributed by atoms with E-state index in [-0.39, 0.29) is 29.6 Å². The highest BCUT2D eigenvalue weighted by Gasteiger charge is 2.74. The topological polar surface area (TPSA) is 120 Å². The number of terminal acetylenes is 1. The lowest BCUT2D eigenvalue weighted by Crippen LogP contribution is -2.48. The Morgan fingerprint density at radius 2 is 2.11 bits per heavy atom. The number of alkyl halides is 3. The Balaban J connectivity index is 1.49. The maximum atomic E-state index is 15.1. The number of ether oxygens (including phenoxy) is 2. The number of pyridine rings is 2. The minimum atomic E-state index is -4.64. The van der Waals surface area contributed by atoms with Crippen molar-refractivity contribution in [2.24, 2.45) is 16.6 Å². The summed E-state index contributed by atoms with van der Waals surface area (Å²) in [6.45, 7) is 1.58. The lowest BCUT2D eigenvalue weighted by molar-refractivity contribution is -0.216. The Hall–Kier alpha value is -3.70. The van der Waals surface area contributed by atoms with Crippen LogP contribution in [0.2, 0.25) is 0 Å². The van der Waals surface area contributed by atoms with Crippen molar-refractivity contribution in [3.63, 3.8) is 0 Å². The van der Waals surface area contributed by atoms with Crippen LogP contribution in [0.1, 0.15) is 18.9 Å². The van der Waals surface area contributed by atoms with Crippen molar-refractivity contribution in [1.29, 1.82) is 0 Å². The molecule has 0 unspecified atom stereocenters. The summed E-state index contributed by atoms with van der Waals surface area (Å²) in [5, 5.41) is 2.95. The predicted octanol–water partition coefficient (Wildman–Crippen LogP) is 3.93. The fourth-order valence-electron chi connectivity index (χ4n) is 4.99. The monoisotopic (exact) mass is 547 g/mol. The molecule has 1 aliphatic carbocycles. The number of nitrogens with one attached hydrogen (secondary N) is 1. The molecular weight excluding hydrogens is 526 g/mol. The van der Waals surface area contributed by atoms with Crippen LogP contribution in [0.4, 0.5) is 29.1 Å². The Labute approximate surface area is 218 Å². The zero-order chi connectivity index (χ0) is 27.3. The SMILES string of the molecule is C#CCOc1cnc2c(Nc3cnc(F)c([C@]4(C)N=C(N)S[C@@]5([C@@H](OC)C(F)(F)F)C[C@H]54)c3)nccc2n1. The number of halogens is 4. The van der Waals surface area contributed by atoms with Crippen molar-refractivity contribution in [3.8, 4) is 18.2 Å². The van der Waals surface area contributed by atoms with Gasteiger partial charge >= 0.3 is 6.18 Å². The van der Waals surface area contributed by atoms with Gasteiger partial charge in [-0.1, -0.05) is 17.7 Å². The van der Waals surface area contributed by atoms with Crippen LogP contribution in [0.15, 0.2) is 35.7 Å². The van der Waals surface area contributed by atoms with Crippen LogP contribution in [0, 0.1) is 24.2 Å². The van der Waals surface area contributed by atoms with Gasteiger partial charge in [0.05, 0.1) is 33.9 Å². The van der Waals surface area contributed by atoms with Crippen LogP contribution in [-0.2, 0) is 10.3 Å². The first-order valence-corrected chi connectivity index (χ1v) is 12.1. The van der Waals surface area contributed by atoms with Crippen LogP contribution >= 0.6 is 11.8 Å².